The highest BCUT2D eigenvalue weighted by molar-refractivity contribution is 5.78. The maximum absolute atomic E-state index is 12.9. The van der Waals surface area contributed by atoms with Gasteiger partial charge in [-0.2, -0.15) is 13.2 Å². The number of amides is 1. The minimum atomic E-state index is -4.34. The van der Waals surface area contributed by atoms with E-state index in [-0.39, 0.29) is 5.91 Å². The molecule has 0 radical (unpaired) electrons. The van der Waals surface area contributed by atoms with Gasteiger partial charge in [-0.3, -0.25) is 9.69 Å². The van der Waals surface area contributed by atoms with Crippen LogP contribution in [0.25, 0.3) is 0 Å². The van der Waals surface area contributed by atoms with Crippen LogP contribution in [0.5, 0.6) is 0 Å². The van der Waals surface area contributed by atoms with Gasteiger partial charge in [-0.1, -0.05) is 6.07 Å². The SMILES string of the molecule is C[C@H]1CNCCN1CC(=O)N1CCN(c2cccc(C(F)(F)F)c2)CC1. The summed E-state index contributed by atoms with van der Waals surface area (Å²) in [5.41, 5.74) is -0.0798. The van der Waals surface area contributed by atoms with E-state index < -0.39 is 11.7 Å². The van der Waals surface area contributed by atoms with Crippen molar-refractivity contribution in [1.82, 2.24) is 15.1 Å². The van der Waals surface area contributed by atoms with Gasteiger partial charge in [-0.25, -0.2) is 0 Å². The van der Waals surface area contributed by atoms with Gasteiger partial charge in [-0.15, -0.1) is 0 Å². The summed E-state index contributed by atoms with van der Waals surface area (Å²) in [5.74, 6) is 0.0995. The predicted molar refractivity (Wildman–Crippen MR) is 94.1 cm³/mol. The highest BCUT2D eigenvalue weighted by Crippen LogP contribution is 2.31. The molecular formula is C18H25F3N4O. The van der Waals surface area contributed by atoms with E-state index in [1.807, 2.05) is 9.80 Å². The number of carbonyl (C=O) groups is 1. The smallest absolute Gasteiger partial charge is 0.368 e. The van der Waals surface area contributed by atoms with E-state index in [9.17, 15) is 18.0 Å². The van der Waals surface area contributed by atoms with Gasteiger partial charge >= 0.3 is 6.18 Å². The average molecular weight is 370 g/mol. The Hall–Kier alpha value is -1.80. The molecule has 1 amide bonds. The summed E-state index contributed by atoms with van der Waals surface area (Å²) in [6.07, 6.45) is -4.34. The fourth-order valence-corrected chi connectivity index (χ4v) is 3.48. The molecule has 0 aromatic heterocycles. The van der Waals surface area contributed by atoms with Crippen molar-refractivity contribution in [2.75, 3.05) is 57.3 Å². The van der Waals surface area contributed by atoms with Gasteiger partial charge < -0.3 is 15.1 Å². The molecule has 0 aliphatic carbocycles. The zero-order chi connectivity index (χ0) is 18.7. The molecule has 144 valence electrons. The third-order valence-corrected chi connectivity index (χ3v) is 5.15. The summed E-state index contributed by atoms with van der Waals surface area (Å²) in [5, 5.41) is 3.30. The van der Waals surface area contributed by atoms with Crippen LogP contribution >= 0.6 is 0 Å². The summed E-state index contributed by atoms with van der Waals surface area (Å²) in [7, 11) is 0. The molecule has 2 heterocycles. The van der Waals surface area contributed by atoms with Gasteiger partial charge in [0.1, 0.15) is 0 Å². The molecule has 0 saturated carbocycles. The van der Waals surface area contributed by atoms with Crippen LogP contribution in [-0.4, -0.2) is 74.1 Å². The lowest BCUT2D eigenvalue weighted by Gasteiger charge is -2.39. The van der Waals surface area contributed by atoms with Crippen LogP contribution in [0.1, 0.15) is 12.5 Å². The minimum absolute atomic E-state index is 0.0995. The standard InChI is InChI=1S/C18H25F3N4O/c1-14-12-22-5-6-25(14)13-17(26)24-9-7-23(8-10-24)16-4-2-3-15(11-16)18(19,20)21/h2-4,11,14,22H,5-10,12-13H2,1H3/t14-/m0/s1. The molecule has 1 N–H and O–H groups in total. The number of nitrogens with one attached hydrogen (secondary N) is 1. The molecular weight excluding hydrogens is 345 g/mol. The molecule has 2 aliphatic heterocycles. The summed E-state index contributed by atoms with van der Waals surface area (Å²) >= 11 is 0. The van der Waals surface area contributed by atoms with Crippen molar-refractivity contribution < 1.29 is 18.0 Å². The molecule has 0 bridgehead atoms. The van der Waals surface area contributed by atoms with Crippen molar-refractivity contribution in [1.29, 1.82) is 0 Å². The Bertz CT molecular complexity index is 629. The molecule has 0 spiro atoms. The van der Waals surface area contributed by atoms with Gasteiger partial charge in [0.05, 0.1) is 12.1 Å². The minimum Gasteiger partial charge on any atom is -0.368 e. The number of piperazine rings is 2. The molecule has 0 unspecified atom stereocenters. The van der Waals surface area contributed by atoms with Crippen LogP contribution in [-0.2, 0) is 11.0 Å². The van der Waals surface area contributed by atoms with E-state index in [1.165, 1.54) is 12.1 Å². The van der Waals surface area contributed by atoms with Gasteiger partial charge in [0.15, 0.2) is 0 Å². The van der Waals surface area contributed by atoms with Gasteiger partial charge in [0, 0.05) is 57.5 Å². The quantitative estimate of drug-likeness (QED) is 0.878. The van der Waals surface area contributed by atoms with E-state index in [0.29, 0.717) is 44.5 Å². The van der Waals surface area contributed by atoms with E-state index in [2.05, 4.69) is 17.1 Å². The van der Waals surface area contributed by atoms with E-state index >= 15 is 0 Å². The van der Waals surface area contributed by atoms with Crippen molar-refractivity contribution in [3.05, 3.63) is 29.8 Å². The summed E-state index contributed by atoms with van der Waals surface area (Å²) in [6, 6.07) is 5.72. The van der Waals surface area contributed by atoms with Crippen molar-refractivity contribution in [3.8, 4) is 0 Å². The molecule has 26 heavy (non-hydrogen) atoms. The first-order valence-electron chi connectivity index (χ1n) is 8.99. The fraction of sp³-hybridized carbons (Fsp3) is 0.611. The molecule has 2 aliphatic rings. The topological polar surface area (TPSA) is 38.8 Å². The first kappa shape index (κ1) is 19.0. The van der Waals surface area contributed by atoms with Gasteiger partial charge in [-0.05, 0) is 25.1 Å². The third-order valence-electron chi connectivity index (χ3n) is 5.15. The number of benzene rings is 1. The van der Waals surface area contributed by atoms with Gasteiger partial charge in [0.25, 0.3) is 0 Å². The molecule has 8 heteroatoms. The predicted octanol–water partition coefficient (Wildman–Crippen LogP) is 1.65. The van der Waals surface area contributed by atoms with Crippen LogP contribution in [0.3, 0.4) is 0 Å². The molecule has 1 atom stereocenters. The number of alkyl halides is 3. The number of hydrogen-bond donors (Lipinski definition) is 1. The molecule has 1 aromatic rings. The Kier molecular flexibility index (Phi) is 5.72. The second-order valence-electron chi connectivity index (χ2n) is 6.94. The summed E-state index contributed by atoms with van der Waals surface area (Å²) in [4.78, 5) is 18.4. The lowest BCUT2D eigenvalue weighted by molar-refractivity contribution is -0.137. The Morgan fingerprint density at radius 2 is 1.92 bits per heavy atom. The molecule has 5 nitrogen and oxygen atoms in total. The van der Waals surface area contributed by atoms with E-state index in [1.54, 1.807) is 6.07 Å². The average Bonchev–Trinajstić information content (AvgIpc) is 2.63. The summed E-state index contributed by atoms with van der Waals surface area (Å²) < 4.78 is 38.6. The number of hydrogen-bond acceptors (Lipinski definition) is 4. The number of anilines is 1. The second kappa shape index (κ2) is 7.84. The highest BCUT2D eigenvalue weighted by atomic mass is 19.4. The normalized spacial score (nSPS) is 22.5. The zero-order valence-corrected chi connectivity index (χ0v) is 14.9. The molecule has 2 fully saturated rings. The highest BCUT2D eigenvalue weighted by Gasteiger charge is 2.31. The van der Waals surface area contributed by atoms with Gasteiger partial charge in [0.2, 0.25) is 5.91 Å². The molecule has 1 aromatic carbocycles. The monoisotopic (exact) mass is 370 g/mol. The lowest BCUT2D eigenvalue weighted by atomic mass is 10.1. The van der Waals surface area contributed by atoms with Crippen molar-refractivity contribution in [2.45, 2.75) is 19.1 Å². The maximum Gasteiger partial charge on any atom is 0.416 e. The van der Waals surface area contributed by atoms with Crippen molar-refractivity contribution in [2.24, 2.45) is 0 Å². The van der Waals surface area contributed by atoms with E-state index in [4.69, 9.17) is 0 Å². The number of nitrogens with zero attached hydrogens (tertiary/aromatic N) is 3. The number of halogens is 3. The first-order chi connectivity index (χ1) is 12.3. The summed E-state index contributed by atoms with van der Waals surface area (Å²) in [6.45, 7) is 7.31. The number of carbonyl (C=O) groups excluding carboxylic acids is 1. The van der Waals surface area contributed by atoms with E-state index in [0.717, 1.165) is 25.7 Å². The van der Waals surface area contributed by atoms with Crippen LogP contribution in [0.4, 0.5) is 18.9 Å². The molecule has 3 rings (SSSR count). The van der Waals surface area contributed by atoms with Crippen LogP contribution in [0.15, 0.2) is 24.3 Å². The largest absolute Gasteiger partial charge is 0.416 e. The maximum atomic E-state index is 12.9. The fourth-order valence-electron chi connectivity index (χ4n) is 3.48. The lowest BCUT2D eigenvalue weighted by Crippen LogP contribution is -2.55. The van der Waals surface area contributed by atoms with Crippen molar-refractivity contribution in [3.63, 3.8) is 0 Å². The number of rotatable bonds is 3. The third kappa shape index (κ3) is 4.48. The first-order valence-corrected chi connectivity index (χ1v) is 8.99. The Labute approximate surface area is 151 Å². The van der Waals surface area contributed by atoms with Crippen LogP contribution in [0.2, 0.25) is 0 Å². The zero-order valence-electron chi connectivity index (χ0n) is 14.9. The molecule has 2 saturated heterocycles. The second-order valence-corrected chi connectivity index (χ2v) is 6.94. The van der Waals surface area contributed by atoms with Crippen molar-refractivity contribution >= 4 is 11.6 Å². The van der Waals surface area contributed by atoms with Crippen LogP contribution in [0, 0.1) is 0 Å². The Balaban J connectivity index is 1.55. The Morgan fingerprint density at radius 3 is 2.58 bits per heavy atom. The Morgan fingerprint density at radius 1 is 1.19 bits per heavy atom. The van der Waals surface area contributed by atoms with Crippen LogP contribution < -0.4 is 10.2 Å².